The van der Waals surface area contributed by atoms with E-state index in [1.165, 1.54) is 6.08 Å². The van der Waals surface area contributed by atoms with Crippen molar-refractivity contribution in [2.45, 2.75) is 6.04 Å². The maximum Gasteiger partial charge on any atom is 0.251 e. The number of aromatic nitrogens is 2. The van der Waals surface area contributed by atoms with Gasteiger partial charge in [-0.05, 0) is 30.3 Å². The van der Waals surface area contributed by atoms with Crippen LogP contribution in [0.15, 0.2) is 54.5 Å². The Kier molecular flexibility index (Phi) is 3.34. The molecule has 0 bridgehead atoms. The predicted octanol–water partition coefficient (Wildman–Crippen LogP) is 0.913. The number of amides is 1. The van der Waals surface area contributed by atoms with Crippen molar-refractivity contribution >= 4 is 15.7 Å². The molecule has 1 aromatic heterocycles. The number of hydrogen-bond donors (Lipinski definition) is 1. The van der Waals surface area contributed by atoms with Gasteiger partial charge < -0.3 is 9.88 Å². The molecule has 1 aliphatic rings. The second-order valence-electron chi connectivity index (χ2n) is 4.75. The quantitative estimate of drug-likeness (QED) is 0.914. The number of carbonyl (C=O) groups is 1. The lowest BCUT2D eigenvalue weighted by molar-refractivity contribution is 0.0947. The van der Waals surface area contributed by atoms with Crippen molar-refractivity contribution in [2.24, 2.45) is 0 Å². The van der Waals surface area contributed by atoms with Crippen molar-refractivity contribution in [1.29, 1.82) is 0 Å². The number of carbonyl (C=O) groups excluding carboxylic acids is 1. The standard InChI is InChI=1S/C14H13N3O3S/c18-14(16-12-5-8-21(19,20)9-12)11-1-3-13(4-2-11)17-7-6-15-10-17/h1-8,10,12H,9H2,(H,16,18)/t12-/m0/s1. The molecule has 0 unspecified atom stereocenters. The molecule has 0 fully saturated rings. The van der Waals surface area contributed by atoms with Gasteiger partial charge in [0.05, 0.1) is 18.1 Å². The zero-order valence-corrected chi connectivity index (χ0v) is 11.8. The zero-order valence-electron chi connectivity index (χ0n) is 11.0. The van der Waals surface area contributed by atoms with Crippen LogP contribution in [0.1, 0.15) is 10.4 Å². The number of benzene rings is 1. The summed E-state index contributed by atoms with van der Waals surface area (Å²) in [7, 11) is -3.17. The Labute approximate surface area is 122 Å². The fraction of sp³-hybridized carbons (Fsp3) is 0.143. The molecular formula is C14H13N3O3S. The van der Waals surface area contributed by atoms with E-state index >= 15 is 0 Å². The summed E-state index contributed by atoms with van der Waals surface area (Å²) in [4.78, 5) is 16.0. The Morgan fingerprint density at radius 1 is 1.29 bits per heavy atom. The summed E-state index contributed by atoms with van der Waals surface area (Å²) in [6, 6.07) is 6.53. The van der Waals surface area contributed by atoms with Crippen LogP contribution >= 0.6 is 0 Å². The van der Waals surface area contributed by atoms with Crippen LogP contribution in [0.3, 0.4) is 0 Å². The van der Waals surface area contributed by atoms with Gasteiger partial charge >= 0.3 is 0 Å². The van der Waals surface area contributed by atoms with Crippen LogP contribution in [0.2, 0.25) is 0 Å². The van der Waals surface area contributed by atoms with Gasteiger partial charge in [-0.25, -0.2) is 13.4 Å². The minimum atomic E-state index is -3.17. The second-order valence-corrected chi connectivity index (χ2v) is 6.69. The van der Waals surface area contributed by atoms with E-state index in [0.717, 1.165) is 11.1 Å². The van der Waals surface area contributed by atoms with Gasteiger partial charge in [-0.15, -0.1) is 0 Å². The minimum absolute atomic E-state index is 0.0775. The fourth-order valence-corrected chi connectivity index (χ4v) is 3.35. The van der Waals surface area contributed by atoms with Gasteiger partial charge in [-0.2, -0.15) is 0 Å². The second kappa shape index (κ2) is 5.17. The van der Waals surface area contributed by atoms with Crippen molar-refractivity contribution < 1.29 is 13.2 Å². The van der Waals surface area contributed by atoms with Crippen molar-refractivity contribution in [3.05, 3.63) is 60.0 Å². The highest BCUT2D eigenvalue weighted by atomic mass is 32.2. The SMILES string of the molecule is O=C(N[C@H]1C=CS(=O)(=O)C1)c1ccc(-n2ccnc2)cc1. The molecule has 1 N–H and O–H groups in total. The molecule has 1 aromatic carbocycles. The van der Waals surface area contributed by atoms with E-state index in [9.17, 15) is 13.2 Å². The van der Waals surface area contributed by atoms with E-state index < -0.39 is 15.9 Å². The first-order valence-electron chi connectivity index (χ1n) is 6.34. The van der Waals surface area contributed by atoms with Crippen molar-refractivity contribution in [1.82, 2.24) is 14.9 Å². The highest BCUT2D eigenvalue weighted by Crippen LogP contribution is 2.11. The topological polar surface area (TPSA) is 81.1 Å². The maximum absolute atomic E-state index is 12.1. The summed E-state index contributed by atoms with van der Waals surface area (Å²) < 4.78 is 24.4. The summed E-state index contributed by atoms with van der Waals surface area (Å²) >= 11 is 0. The first-order chi connectivity index (χ1) is 10.0. The number of rotatable bonds is 3. The highest BCUT2D eigenvalue weighted by Gasteiger charge is 2.23. The smallest absolute Gasteiger partial charge is 0.251 e. The number of nitrogens with zero attached hydrogens (tertiary/aromatic N) is 2. The van der Waals surface area contributed by atoms with Crippen LogP contribution in [0, 0.1) is 0 Å². The third-order valence-corrected chi connectivity index (χ3v) is 4.57. The largest absolute Gasteiger partial charge is 0.345 e. The molecule has 0 aliphatic carbocycles. The average molecular weight is 303 g/mol. The summed E-state index contributed by atoms with van der Waals surface area (Å²) in [5.74, 6) is -0.370. The molecule has 0 radical (unpaired) electrons. The lowest BCUT2D eigenvalue weighted by atomic mass is 10.2. The lowest BCUT2D eigenvalue weighted by Crippen LogP contribution is -2.35. The van der Waals surface area contributed by atoms with Crippen LogP contribution < -0.4 is 5.32 Å². The molecule has 3 rings (SSSR count). The maximum atomic E-state index is 12.1. The van der Waals surface area contributed by atoms with Crippen molar-refractivity contribution in [2.75, 3.05) is 5.75 Å². The first kappa shape index (κ1) is 13.6. The number of imidazole rings is 1. The Morgan fingerprint density at radius 2 is 2.05 bits per heavy atom. The molecule has 0 spiro atoms. The molecular weight excluding hydrogens is 290 g/mol. The Morgan fingerprint density at radius 3 is 2.62 bits per heavy atom. The summed E-state index contributed by atoms with van der Waals surface area (Å²) in [5, 5.41) is 3.82. The third-order valence-electron chi connectivity index (χ3n) is 3.18. The Balaban J connectivity index is 1.70. The van der Waals surface area contributed by atoms with Gasteiger partial charge in [0.2, 0.25) is 0 Å². The average Bonchev–Trinajstić information content (AvgIpc) is 3.09. The van der Waals surface area contributed by atoms with E-state index in [-0.39, 0.29) is 11.7 Å². The van der Waals surface area contributed by atoms with Crippen LogP contribution in [0.5, 0.6) is 0 Å². The van der Waals surface area contributed by atoms with Crippen molar-refractivity contribution in [3.63, 3.8) is 0 Å². The summed E-state index contributed by atoms with van der Waals surface area (Å²) in [6.45, 7) is 0. The van der Waals surface area contributed by atoms with Gasteiger partial charge in [0.15, 0.2) is 9.84 Å². The molecule has 1 amide bonds. The van der Waals surface area contributed by atoms with E-state index in [4.69, 9.17) is 0 Å². The molecule has 2 aromatic rings. The molecule has 108 valence electrons. The molecule has 1 atom stereocenters. The fourth-order valence-electron chi connectivity index (χ4n) is 2.11. The summed E-state index contributed by atoms with van der Waals surface area (Å²) in [6.07, 6.45) is 6.65. The molecule has 1 aliphatic heterocycles. The van der Waals surface area contributed by atoms with Gasteiger partial charge in [0.1, 0.15) is 0 Å². The number of hydrogen-bond acceptors (Lipinski definition) is 4. The van der Waals surface area contributed by atoms with Gasteiger partial charge in [0, 0.05) is 29.1 Å². The van der Waals surface area contributed by atoms with Crippen LogP contribution in [-0.2, 0) is 9.84 Å². The number of sulfone groups is 1. The summed E-state index contributed by atoms with van der Waals surface area (Å²) in [5.41, 5.74) is 1.38. The molecule has 6 nitrogen and oxygen atoms in total. The monoisotopic (exact) mass is 303 g/mol. The molecule has 21 heavy (non-hydrogen) atoms. The minimum Gasteiger partial charge on any atom is -0.345 e. The van der Waals surface area contributed by atoms with Crippen molar-refractivity contribution in [3.8, 4) is 5.69 Å². The third kappa shape index (κ3) is 3.03. The van der Waals surface area contributed by atoms with Crippen LogP contribution in [-0.4, -0.2) is 35.7 Å². The normalized spacial score (nSPS) is 19.5. The van der Waals surface area contributed by atoms with E-state index in [0.29, 0.717) is 5.56 Å². The van der Waals surface area contributed by atoms with E-state index in [1.807, 2.05) is 10.8 Å². The Hall–Kier alpha value is -2.41. The van der Waals surface area contributed by atoms with Gasteiger partial charge in [0.25, 0.3) is 5.91 Å². The van der Waals surface area contributed by atoms with Crippen LogP contribution in [0.4, 0.5) is 0 Å². The molecule has 2 heterocycles. The highest BCUT2D eigenvalue weighted by molar-refractivity contribution is 7.94. The number of nitrogens with one attached hydrogen (secondary N) is 1. The first-order valence-corrected chi connectivity index (χ1v) is 8.05. The zero-order chi connectivity index (χ0) is 14.9. The van der Waals surface area contributed by atoms with Crippen LogP contribution in [0.25, 0.3) is 5.69 Å². The predicted molar refractivity (Wildman–Crippen MR) is 77.7 cm³/mol. The molecule has 0 saturated heterocycles. The lowest BCUT2D eigenvalue weighted by Gasteiger charge is -2.10. The van der Waals surface area contributed by atoms with E-state index in [1.54, 1.807) is 36.8 Å². The van der Waals surface area contributed by atoms with Gasteiger partial charge in [-0.3, -0.25) is 4.79 Å². The Bertz CT molecular complexity index is 777. The molecule has 0 saturated carbocycles. The molecule has 7 heteroatoms. The van der Waals surface area contributed by atoms with Gasteiger partial charge in [-0.1, -0.05) is 0 Å². The van der Waals surface area contributed by atoms with E-state index in [2.05, 4.69) is 10.3 Å².